The number of hydrogen-bond donors (Lipinski definition) is 1. The van der Waals surface area contributed by atoms with E-state index in [9.17, 15) is 13.2 Å². The molecule has 170 valence electrons. The number of amides is 1. The normalized spacial score (nSPS) is 15.1. The number of carbonyl (C=O) groups excluding carboxylic acids is 1. The SMILES string of the molecule is CCOc1ccc(NC(=O)CCc2c(C)nn(C)c2C)cc1S(=O)(=O)N1CCCCC1. The van der Waals surface area contributed by atoms with Crippen LogP contribution in [-0.2, 0) is 28.3 Å². The van der Waals surface area contributed by atoms with Gasteiger partial charge >= 0.3 is 0 Å². The van der Waals surface area contributed by atoms with Gasteiger partial charge in [0.25, 0.3) is 0 Å². The monoisotopic (exact) mass is 448 g/mol. The fourth-order valence-electron chi connectivity index (χ4n) is 3.95. The zero-order chi connectivity index (χ0) is 22.6. The minimum Gasteiger partial charge on any atom is -0.492 e. The first-order chi connectivity index (χ1) is 14.7. The molecule has 1 saturated heterocycles. The maximum Gasteiger partial charge on any atom is 0.246 e. The van der Waals surface area contributed by atoms with Gasteiger partial charge in [-0.05, 0) is 63.8 Å². The number of nitrogens with zero attached hydrogens (tertiary/aromatic N) is 3. The molecule has 0 atom stereocenters. The second kappa shape index (κ2) is 9.82. The Morgan fingerprint density at radius 2 is 1.90 bits per heavy atom. The molecule has 31 heavy (non-hydrogen) atoms. The fraction of sp³-hybridized carbons (Fsp3) is 0.545. The van der Waals surface area contributed by atoms with Crippen molar-refractivity contribution in [2.75, 3.05) is 25.0 Å². The van der Waals surface area contributed by atoms with Gasteiger partial charge in [0.05, 0.1) is 12.3 Å². The highest BCUT2D eigenvalue weighted by molar-refractivity contribution is 7.89. The number of hydrogen-bond acceptors (Lipinski definition) is 5. The molecule has 2 heterocycles. The van der Waals surface area contributed by atoms with Crippen molar-refractivity contribution in [1.29, 1.82) is 0 Å². The first kappa shape index (κ1) is 23.3. The summed E-state index contributed by atoms with van der Waals surface area (Å²) in [6.07, 6.45) is 3.61. The highest BCUT2D eigenvalue weighted by Crippen LogP contribution is 2.31. The number of ether oxygens (including phenoxy) is 1. The van der Waals surface area contributed by atoms with Gasteiger partial charge in [-0.3, -0.25) is 9.48 Å². The predicted octanol–water partition coefficient (Wildman–Crippen LogP) is 3.18. The van der Waals surface area contributed by atoms with E-state index in [1.165, 1.54) is 10.4 Å². The van der Waals surface area contributed by atoms with Crippen LogP contribution in [0.3, 0.4) is 0 Å². The highest BCUT2D eigenvalue weighted by Gasteiger charge is 2.29. The minimum absolute atomic E-state index is 0.105. The second-order valence-corrected chi connectivity index (χ2v) is 9.79. The molecule has 0 saturated carbocycles. The first-order valence-electron chi connectivity index (χ1n) is 10.8. The molecule has 0 aliphatic carbocycles. The Morgan fingerprint density at radius 1 is 1.19 bits per heavy atom. The summed E-state index contributed by atoms with van der Waals surface area (Å²) in [4.78, 5) is 12.7. The standard InChI is InChI=1S/C22H32N4O4S/c1-5-30-20-11-9-18(15-21(20)31(28,29)26-13-7-6-8-14-26)23-22(27)12-10-19-16(2)24-25(4)17(19)3/h9,11,15H,5-8,10,12-14H2,1-4H3,(H,23,27). The van der Waals surface area contributed by atoms with Crippen molar-refractivity contribution < 1.29 is 17.9 Å². The van der Waals surface area contributed by atoms with Crippen LogP contribution in [0.2, 0.25) is 0 Å². The number of sulfonamides is 1. The summed E-state index contributed by atoms with van der Waals surface area (Å²) < 4.78 is 35.4. The average Bonchev–Trinajstić information content (AvgIpc) is 2.99. The molecule has 0 bridgehead atoms. The minimum atomic E-state index is -3.69. The topological polar surface area (TPSA) is 93.5 Å². The van der Waals surface area contributed by atoms with E-state index in [1.807, 2.05) is 32.5 Å². The van der Waals surface area contributed by atoms with E-state index in [-0.39, 0.29) is 17.2 Å². The van der Waals surface area contributed by atoms with E-state index in [4.69, 9.17) is 4.74 Å². The summed E-state index contributed by atoms with van der Waals surface area (Å²) in [5.74, 6) is 0.140. The molecule has 1 aromatic carbocycles. The highest BCUT2D eigenvalue weighted by atomic mass is 32.2. The van der Waals surface area contributed by atoms with Crippen LogP contribution in [0.15, 0.2) is 23.1 Å². The smallest absolute Gasteiger partial charge is 0.246 e. The van der Waals surface area contributed by atoms with Crippen molar-refractivity contribution in [2.24, 2.45) is 7.05 Å². The van der Waals surface area contributed by atoms with Crippen LogP contribution in [0.25, 0.3) is 0 Å². The quantitative estimate of drug-likeness (QED) is 0.669. The summed E-state index contributed by atoms with van der Waals surface area (Å²) in [5.41, 5.74) is 3.48. The first-order valence-corrected chi connectivity index (χ1v) is 12.2. The Balaban J connectivity index is 1.77. The molecular formula is C22H32N4O4S. The predicted molar refractivity (Wildman–Crippen MR) is 120 cm³/mol. The zero-order valence-corrected chi connectivity index (χ0v) is 19.6. The fourth-order valence-corrected chi connectivity index (χ4v) is 5.62. The molecule has 1 aliphatic rings. The lowest BCUT2D eigenvalue weighted by Crippen LogP contribution is -2.35. The zero-order valence-electron chi connectivity index (χ0n) is 18.8. The molecule has 0 radical (unpaired) electrons. The maximum atomic E-state index is 13.2. The van der Waals surface area contributed by atoms with Crippen LogP contribution in [0.5, 0.6) is 5.75 Å². The van der Waals surface area contributed by atoms with Gasteiger partial charge in [0.1, 0.15) is 10.6 Å². The molecule has 0 unspecified atom stereocenters. The summed E-state index contributed by atoms with van der Waals surface area (Å²) in [6.45, 7) is 7.11. The van der Waals surface area contributed by atoms with Gasteiger partial charge in [-0.15, -0.1) is 0 Å². The number of rotatable bonds is 8. The van der Waals surface area contributed by atoms with Crippen molar-refractivity contribution in [2.45, 2.75) is 57.8 Å². The molecule has 3 rings (SSSR count). The van der Waals surface area contributed by atoms with Crippen LogP contribution >= 0.6 is 0 Å². The molecular weight excluding hydrogens is 416 g/mol. The number of carbonyl (C=O) groups is 1. The van der Waals surface area contributed by atoms with E-state index in [0.29, 0.717) is 37.6 Å². The Bertz CT molecular complexity index is 1040. The van der Waals surface area contributed by atoms with Crippen LogP contribution in [0, 0.1) is 13.8 Å². The van der Waals surface area contributed by atoms with E-state index in [0.717, 1.165) is 36.2 Å². The molecule has 1 fully saturated rings. The van der Waals surface area contributed by atoms with Gasteiger partial charge in [-0.2, -0.15) is 9.40 Å². The van der Waals surface area contributed by atoms with Crippen LogP contribution in [0.1, 0.15) is 49.6 Å². The Labute approximate surface area is 184 Å². The number of nitrogens with one attached hydrogen (secondary N) is 1. The number of anilines is 1. The lowest BCUT2D eigenvalue weighted by Gasteiger charge is -2.27. The van der Waals surface area contributed by atoms with E-state index in [2.05, 4.69) is 10.4 Å². The third-order valence-corrected chi connectivity index (χ3v) is 7.64. The number of aromatic nitrogens is 2. The van der Waals surface area contributed by atoms with E-state index in [1.54, 1.807) is 12.1 Å². The van der Waals surface area contributed by atoms with Crippen LogP contribution in [-0.4, -0.2) is 48.1 Å². The molecule has 9 heteroatoms. The van der Waals surface area contributed by atoms with Gasteiger partial charge in [0.2, 0.25) is 15.9 Å². The van der Waals surface area contributed by atoms with Gasteiger partial charge in [-0.1, -0.05) is 6.42 Å². The summed E-state index contributed by atoms with van der Waals surface area (Å²) >= 11 is 0. The number of benzene rings is 1. The molecule has 2 aromatic rings. The van der Waals surface area contributed by atoms with Crippen molar-refractivity contribution in [3.8, 4) is 5.75 Å². The van der Waals surface area contributed by atoms with Crippen molar-refractivity contribution in [3.05, 3.63) is 35.2 Å². The van der Waals surface area contributed by atoms with E-state index >= 15 is 0 Å². The summed E-state index contributed by atoms with van der Waals surface area (Å²) in [6, 6.07) is 4.80. The number of piperidine rings is 1. The molecule has 1 amide bonds. The van der Waals surface area contributed by atoms with Gasteiger partial charge in [0, 0.05) is 37.9 Å². The summed E-state index contributed by atoms with van der Waals surface area (Å²) in [7, 11) is -1.81. The third-order valence-electron chi connectivity index (χ3n) is 5.72. The Kier molecular flexibility index (Phi) is 7.38. The number of aryl methyl sites for hydroxylation is 2. The molecule has 1 N–H and O–H groups in total. The average molecular weight is 449 g/mol. The Morgan fingerprint density at radius 3 is 2.52 bits per heavy atom. The second-order valence-electron chi connectivity index (χ2n) is 7.88. The molecule has 1 aromatic heterocycles. The van der Waals surface area contributed by atoms with Crippen LogP contribution in [0.4, 0.5) is 5.69 Å². The largest absolute Gasteiger partial charge is 0.492 e. The van der Waals surface area contributed by atoms with Crippen molar-refractivity contribution in [1.82, 2.24) is 14.1 Å². The van der Waals surface area contributed by atoms with Gasteiger partial charge in [0.15, 0.2) is 0 Å². The van der Waals surface area contributed by atoms with Crippen molar-refractivity contribution in [3.63, 3.8) is 0 Å². The maximum absolute atomic E-state index is 13.2. The van der Waals surface area contributed by atoms with E-state index < -0.39 is 10.0 Å². The van der Waals surface area contributed by atoms with Gasteiger partial charge in [-0.25, -0.2) is 8.42 Å². The third kappa shape index (κ3) is 5.27. The lowest BCUT2D eigenvalue weighted by molar-refractivity contribution is -0.116. The summed E-state index contributed by atoms with van der Waals surface area (Å²) in [5, 5.41) is 7.22. The molecule has 8 nitrogen and oxygen atoms in total. The van der Waals surface area contributed by atoms with Crippen LogP contribution < -0.4 is 10.1 Å². The van der Waals surface area contributed by atoms with Gasteiger partial charge < -0.3 is 10.1 Å². The molecule has 0 spiro atoms. The molecule has 1 aliphatic heterocycles. The lowest BCUT2D eigenvalue weighted by atomic mass is 10.1. The van der Waals surface area contributed by atoms with Crippen molar-refractivity contribution >= 4 is 21.6 Å². The Hall–Kier alpha value is -2.39.